The van der Waals surface area contributed by atoms with Gasteiger partial charge in [0.2, 0.25) is 5.91 Å². The number of rotatable bonds is 16. The third kappa shape index (κ3) is 25.2. The van der Waals surface area contributed by atoms with Crippen LogP contribution in [0.2, 0.25) is 0 Å². The summed E-state index contributed by atoms with van der Waals surface area (Å²) in [6, 6.07) is 13.6. The van der Waals surface area contributed by atoms with Crippen LogP contribution >= 0.6 is 0 Å². The summed E-state index contributed by atoms with van der Waals surface area (Å²) in [5.41, 5.74) is -0.173. The predicted molar refractivity (Wildman–Crippen MR) is 201 cm³/mol. The molecule has 3 amide bonds. The highest BCUT2D eigenvalue weighted by Crippen LogP contribution is 2.22. The minimum Gasteiger partial charge on any atom is -0.475 e. The second-order valence-electron chi connectivity index (χ2n) is 14.9. The number of carboxylic acids is 2. The molecular formula is C39H57F6N3O9. The van der Waals surface area contributed by atoms with Gasteiger partial charge in [-0.2, -0.15) is 26.3 Å². The van der Waals surface area contributed by atoms with Crippen LogP contribution in [-0.2, 0) is 30.4 Å². The van der Waals surface area contributed by atoms with Crippen molar-refractivity contribution in [3.63, 3.8) is 0 Å². The van der Waals surface area contributed by atoms with E-state index >= 15 is 0 Å². The van der Waals surface area contributed by atoms with Crippen LogP contribution in [0.25, 0.3) is 10.8 Å². The number of alkyl halides is 6. The summed E-state index contributed by atoms with van der Waals surface area (Å²) in [5, 5.41) is 22.1. The lowest BCUT2D eigenvalue weighted by atomic mass is 10.0. The minimum atomic E-state index is -5.08. The number of alkyl carbamates (subject to hydrolysis) is 2. The maximum Gasteiger partial charge on any atom is 0.490 e. The number of aliphatic carboxylic acids is 2. The van der Waals surface area contributed by atoms with Gasteiger partial charge in [-0.25, -0.2) is 19.2 Å². The van der Waals surface area contributed by atoms with Crippen LogP contribution in [0, 0.1) is 0 Å². The molecular weight excluding hydrogens is 768 g/mol. The van der Waals surface area contributed by atoms with Crippen molar-refractivity contribution in [2.45, 2.75) is 142 Å². The van der Waals surface area contributed by atoms with E-state index in [9.17, 15) is 40.7 Å². The molecule has 1 atom stereocenters. The van der Waals surface area contributed by atoms with E-state index in [1.165, 1.54) is 19.3 Å². The molecule has 0 saturated heterocycles. The molecule has 0 heterocycles. The number of hydrogen-bond donors (Lipinski definition) is 4. The molecule has 2 rings (SSSR count). The zero-order valence-electron chi connectivity index (χ0n) is 33.6. The molecule has 2 aromatic carbocycles. The summed E-state index contributed by atoms with van der Waals surface area (Å²) in [5.74, 6) is -5.63. The van der Waals surface area contributed by atoms with E-state index in [4.69, 9.17) is 29.3 Å². The van der Waals surface area contributed by atoms with E-state index in [0.717, 1.165) is 35.6 Å². The fourth-order valence-corrected chi connectivity index (χ4v) is 4.89. The molecule has 0 spiro atoms. The van der Waals surface area contributed by atoms with Crippen molar-refractivity contribution in [3.05, 3.63) is 48.0 Å². The maximum atomic E-state index is 14.1. The van der Waals surface area contributed by atoms with Gasteiger partial charge in [0, 0.05) is 19.6 Å². The zero-order chi connectivity index (χ0) is 44.0. The number of carbonyl (C=O) groups excluding carboxylic acids is 3. The number of fused-ring (bicyclic) bond motifs is 1. The number of carboxylic acid groups (broad SMARTS) is 2. The fraction of sp³-hybridized carbons (Fsp3) is 0.615. The van der Waals surface area contributed by atoms with E-state index < -0.39 is 53.7 Å². The number of carbonyl (C=O) groups is 5. The van der Waals surface area contributed by atoms with Crippen LogP contribution in [0.5, 0.6) is 0 Å². The highest BCUT2D eigenvalue weighted by molar-refractivity contribution is 5.88. The van der Waals surface area contributed by atoms with Gasteiger partial charge < -0.3 is 35.2 Å². The van der Waals surface area contributed by atoms with Crippen LogP contribution in [0.1, 0.15) is 112 Å². The second-order valence-corrected chi connectivity index (χ2v) is 14.9. The lowest BCUT2D eigenvalue weighted by Crippen LogP contribution is -2.49. The van der Waals surface area contributed by atoms with Gasteiger partial charge in [0.25, 0.3) is 0 Å². The first-order valence-electron chi connectivity index (χ1n) is 18.5. The van der Waals surface area contributed by atoms with E-state index in [1.807, 2.05) is 43.9 Å². The van der Waals surface area contributed by atoms with E-state index in [1.54, 1.807) is 20.8 Å². The van der Waals surface area contributed by atoms with Gasteiger partial charge in [0.1, 0.15) is 17.2 Å². The first kappa shape index (κ1) is 52.2. The Morgan fingerprint density at radius 1 is 0.684 bits per heavy atom. The Kier molecular flexibility index (Phi) is 22.7. The lowest BCUT2D eigenvalue weighted by Gasteiger charge is -2.29. The van der Waals surface area contributed by atoms with Crippen LogP contribution in [0.3, 0.4) is 0 Å². The van der Waals surface area contributed by atoms with E-state index in [-0.39, 0.29) is 5.91 Å². The number of unbranched alkanes of at least 4 members (excludes halogenated alkanes) is 6. The average molecular weight is 826 g/mol. The van der Waals surface area contributed by atoms with Crippen molar-refractivity contribution in [1.82, 2.24) is 15.5 Å². The molecule has 324 valence electrons. The normalized spacial score (nSPS) is 12.2. The molecule has 0 radical (unpaired) electrons. The highest BCUT2D eigenvalue weighted by Gasteiger charge is 2.39. The fourth-order valence-electron chi connectivity index (χ4n) is 4.89. The van der Waals surface area contributed by atoms with Crippen molar-refractivity contribution < 1.29 is 70.0 Å². The molecule has 18 heteroatoms. The van der Waals surface area contributed by atoms with Gasteiger partial charge in [0.05, 0.1) is 0 Å². The highest BCUT2D eigenvalue weighted by atomic mass is 19.4. The van der Waals surface area contributed by atoms with Crippen LogP contribution in [-0.4, -0.2) is 87.8 Å². The van der Waals surface area contributed by atoms with Gasteiger partial charge >= 0.3 is 36.5 Å². The van der Waals surface area contributed by atoms with E-state index in [0.29, 0.717) is 38.9 Å². The molecule has 12 nitrogen and oxygen atoms in total. The molecule has 4 N–H and O–H groups in total. The van der Waals surface area contributed by atoms with E-state index in [2.05, 4.69) is 41.8 Å². The third-order valence-corrected chi connectivity index (χ3v) is 7.40. The van der Waals surface area contributed by atoms with Gasteiger partial charge in [-0.1, -0.05) is 81.5 Å². The number of benzene rings is 2. The molecule has 57 heavy (non-hydrogen) atoms. The smallest absolute Gasteiger partial charge is 0.475 e. The Morgan fingerprint density at radius 2 is 1.18 bits per heavy atom. The number of nitrogens with one attached hydrogen (secondary N) is 2. The third-order valence-electron chi connectivity index (χ3n) is 7.40. The summed E-state index contributed by atoms with van der Waals surface area (Å²) in [7, 11) is 0. The Balaban J connectivity index is 0.00000189. The second kappa shape index (κ2) is 24.8. The van der Waals surface area contributed by atoms with Gasteiger partial charge in [0.15, 0.2) is 0 Å². The monoisotopic (exact) mass is 825 g/mol. The van der Waals surface area contributed by atoms with Crippen LogP contribution in [0.4, 0.5) is 35.9 Å². The van der Waals surface area contributed by atoms with Gasteiger partial charge in [-0.15, -0.1) is 0 Å². The Hall–Kier alpha value is -4.77. The quantitative estimate of drug-likeness (QED) is 0.0951. The van der Waals surface area contributed by atoms with Crippen LogP contribution < -0.4 is 10.6 Å². The summed E-state index contributed by atoms with van der Waals surface area (Å²) in [4.78, 5) is 58.7. The summed E-state index contributed by atoms with van der Waals surface area (Å²) < 4.78 is 74.3. The summed E-state index contributed by atoms with van der Waals surface area (Å²) in [6.45, 7) is 14.6. The SMILES string of the molecule is CCCCCCCCN(Cc1cccc2ccccc12)C(=O)C(CCCCNC(=O)OC(C)(C)C)NC(=O)OC(C)(C)C.O=C(O)C(F)(F)F.O=C(O)C(F)(F)F. The Morgan fingerprint density at radius 3 is 1.70 bits per heavy atom. The number of ether oxygens (including phenoxy) is 2. The van der Waals surface area contributed by atoms with Gasteiger partial charge in [-0.05, 0) is 83.6 Å². The molecule has 0 aromatic heterocycles. The first-order valence-corrected chi connectivity index (χ1v) is 18.5. The summed E-state index contributed by atoms with van der Waals surface area (Å²) >= 11 is 0. The molecule has 0 aliphatic carbocycles. The number of hydrogen-bond acceptors (Lipinski definition) is 7. The average Bonchev–Trinajstić information content (AvgIpc) is 3.06. The zero-order valence-corrected chi connectivity index (χ0v) is 33.6. The molecule has 0 saturated carbocycles. The Labute approximate surface area is 329 Å². The number of nitrogens with zero attached hydrogens (tertiary/aromatic N) is 1. The van der Waals surface area contributed by atoms with Crippen molar-refractivity contribution in [2.75, 3.05) is 13.1 Å². The van der Waals surface area contributed by atoms with Crippen molar-refractivity contribution in [3.8, 4) is 0 Å². The molecule has 1 unspecified atom stereocenters. The standard InChI is InChI=1S/C35H55N3O5.2C2HF3O2/c1-8-9-10-11-12-17-25-38(26-28-21-18-20-27-19-13-14-22-29(27)28)31(39)30(37-33(41)43-35(5,6)7)23-15-16-24-36-32(40)42-34(2,3)4;2*3-2(4,5)1(6)7/h13-14,18-22,30H,8-12,15-17,23-26H2,1-7H3,(H,36,40)(H,37,41);2*(H,6,7). The molecule has 0 aliphatic rings. The first-order chi connectivity index (χ1) is 26.2. The lowest BCUT2D eigenvalue weighted by molar-refractivity contribution is -0.193. The Bertz CT molecular complexity index is 1530. The topological polar surface area (TPSA) is 172 Å². The predicted octanol–water partition coefficient (Wildman–Crippen LogP) is 9.38. The molecule has 0 bridgehead atoms. The van der Waals surface area contributed by atoms with Crippen molar-refractivity contribution in [2.24, 2.45) is 0 Å². The van der Waals surface area contributed by atoms with Crippen LogP contribution in [0.15, 0.2) is 42.5 Å². The maximum absolute atomic E-state index is 14.1. The molecule has 0 fully saturated rings. The molecule has 0 aliphatic heterocycles. The minimum absolute atomic E-state index is 0.118. The van der Waals surface area contributed by atoms with Gasteiger partial charge in [-0.3, -0.25) is 4.79 Å². The van der Waals surface area contributed by atoms with Crippen molar-refractivity contribution >= 4 is 40.8 Å². The number of halogens is 6. The van der Waals surface area contributed by atoms with Crippen molar-refractivity contribution in [1.29, 1.82) is 0 Å². The summed E-state index contributed by atoms with van der Waals surface area (Å²) in [6.07, 6.45) is -2.83. The number of amides is 3. The molecule has 2 aromatic rings. The largest absolute Gasteiger partial charge is 0.490 e.